The predicted octanol–water partition coefficient (Wildman–Crippen LogP) is 0.912. The fourth-order valence-corrected chi connectivity index (χ4v) is 1.33. The average Bonchev–Trinajstić information content (AvgIpc) is 2.21. The van der Waals surface area contributed by atoms with E-state index in [9.17, 15) is 0 Å². The van der Waals surface area contributed by atoms with Gasteiger partial charge in [0.05, 0.1) is 6.61 Å². The molecule has 0 aliphatic carbocycles. The van der Waals surface area contributed by atoms with Gasteiger partial charge in [-0.15, -0.1) is 0 Å². The van der Waals surface area contributed by atoms with Crippen LogP contribution in [0.15, 0.2) is 0 Å². The van der Waals surface area contributed by atoms with Crippen molar-refractivity contribution in [2.24, 2.45) is 0 Å². The topological polar surface area (TPSA) is 42.5 Å². The molecule has 90 valence electrons. The minimum atomic E-state index is 0.243. The van der Waals surface area contributed by atoms with Crippen LogP contribution >= 0.6 is 12.2 Å². The molecule has 0 saturated carbocycles. The van der Waals surface area contributed by atoms with Crippen molar-refractivity contribution in [3.8, 4) is 0 Å². The van der Waals surface area contributed by atoms with Crippen LogP contribution in [0.1, 0.15) is 20.3 Å². The smallest absolute Gasteiger partial charge is 0.166 e. The van der Waals surface area contributed by atoms with Crippen LogP contribution in [-0.4, -0.2) is 44.6 Å². The van der Waals surface area contributed by atoms with Gasteiger partial charge in [-0.2, -0.15) is 0 Å². The lowest BCUT2D eigenvalue weighted by molar-refractivity contribution is 0.132. The lowest BCUT2D eigenvalue weighted by Crippen LogP contribution is -2.43. The van der Waals surface area contributed by atoms with Gasteiger partial charge in [-0.3, -0.25) is 0 Å². The Morgan fingerprint density at radius 1 is 1.47 bits per heavy atom. The van der Waals surface area contributed by atoms with Gasteiger partial charge in [0.25, 0.3) is 0 Å². The fraction of sp³-hybridized carbons (Fsp3) is 0.900. The summed E-state index contributed by atoms with van der Waals surface area (Å²) < 4.78 is 10.2. The summed E-state index contributed by atoms with van der Waals surface area (Å²) in [6.45, 7) is 7.02. The Balaban J connectivity index is 3.38. The Bertz CT molecular complexity index is 168. The number of ether oxygens (including phenoxy) is 2. The van der Waals surface area contributed by atoms with Crippen LogP contribution < -0.4 is 10.6 Å². The molecular weight excluding hydrogens is 212 g/mol. The number of methoxy groups -OCH3 is 1. The summed E-state index contributed by atoms with van der Waals surface area (Å²) in [5.41, 5.74) is 0. The molecule has 0 rings (SSSR count). The Morgan fingerprint density at radius 2 is 2.20 bits per heavy atom. The van der Waals surface area contributed by atoms with E-state index < -0.39 is 0 Å². The highest BCUT2D eigenvalue weighted by Gasteiger charge is 2.02. The van der Waals surface area contributed by atoms with Crippen LogP contribution in [0.2, 0.25) is 0 Å². The van der Waals surface area contributed by atoms with Gasteiger partial charge < -0.3 is 20.1 Å². The number of thiocarbonyl (C=S) groups is 1. The van der Waals surface area contributed by atoms with Crippen LogP contribution in [0, 0.1) is 0 Å². The summed E-state index contributed by atoms with van der Waals surface area (Å²) in [4.78, 5) is 0. The molecule has 0 fully saturated rings. The highest BCUT2D eigenvalue weighted by atomic mass is 32.1. The molecule has 0 saturated heterocycles. The van der Waals surface area contributed by atoms with E-state index in [1.807, 2.05) is 13.8 Å². The summed E-state index contributed by atoms with van der Waals surface area (Å²) in [5.74, 6) is 0. The fourth-order valence-electron chi connectivity index (χ4n) is 1.03. The maximum Gasteiger partial charge on any atom is 0.166 e. The van der Waals surface area contributed by atoms with Gasteiger partial charge in [-0.25, -0.2) is 0 Å². The highest BCUT2D eigenvalue weighted by Crippen LogP contribution is 1.85. The predicted molar refractivity (Wildman–Crippen MR) is 66.2 cm³/mol. The molecule has 1 atom stereocenters. The molecule has 0 aromatic carbocycles. The van der Waals surface area contributed by atoms with Gasteiger partial charge in [0, 0.05) is 32.9 Å². The Hall–Kier alpha value is -0.390. The first-order chi connectivity index (χ1) is 7.20. The van der Waals surface area contributed by atoms with E-state index in [1.165, 1.54) is 0 Å². The molecule has 0 heterocycles. The maximum atomic E-state index is 5.27. The van der Waals surface area contributed by atoms with Gasteiger partial charge in [-0.1, -0.05) is 0 Å². The molecule has 0 aromatic heterocycles. The minimum absolute atomic E-state index is 0.243. The van der Waals surface area contributed by atoms with Crippen molar-refractivity contribution in [1.29, 1.82) is 0 Å². The van der Waals surface area contributed by atoms with Gasteiger partial charge in [0.1, 0.15) is 0 Å². The molecular formula is C10H22N2O2S. The zero-order chi connectivity index (χ0) is 11.5. The normalized spacial score (nSPS) is 12.2. The van der Waals surface area contributed by atoms with Crippen molar-refractivity contribution >= 4 is 17.3 Å². The molecule has 4 nitrogen and oxygen atoms in total. The third kappa shape index (κ3) is 9.90. The Kier molecular flexibility index (Phi) is 9.88. The maximum absolute atomic E-state index is 5.27. The quantitative estimate of drug-likeness (QED) is 0.483. The lowest BCUT2D eigenvalue weighted by atomic mass is 10.4. The summed E-state index contributed by atoms with van der Waals surface area (Å²) >= 11 is 5.11. The van der Waals surface area contributed by atoms with E-state index in [4.69, 9.17) is 21.7 Å². The molecule has 0 aliphatic heterocycles. The number of nitrogens with one attached hydrogen (secondary N) is 2. The Labute approximate surface area is 97.7 Å². The van der Waals surface area contributed by atoms with E-state index in [0.29, 0.717) is 11.7 Å². The van der Waals surface area contributed by atoms with Crippen molar-refractivity contribution in [3.05, 3.63) is 0 Å². The summed E-state index contributed by atoms with van der Waals surface area (Å²) in [6.07, 6.45) is 0.957. The monoisotopic (exact) mass is 234 g/mol. The summed E-state index contributed by atoms with van der Waals surface area (Å²) in [7, 11) is 1.70. The summed E-state index contributed by atoms with van der Waals surface area (Å²) in [6, 6.07) is 0.243. The second kappa shape index (κ2) is 10.1. The van der Waals surface area contributed by atoms with E-state index in [1.54, 1.807) is 7.11 Å². The molecule has 0 bridgehead atoms. The average molecular weight is 234 g/mol. The van der Waals surface area contributed by atoms with Gasteiger partial charge >= 0.3 is 0 Å². The first kappa shape index (κ1) is 14.6. The third-order valence-corrected chi connectivity index (χ3v) is 2.02. The molecule has 15 heavy (non-hydrogen) atoms. The van der Waals surface area contributed by atoms with Crippen LogP contribution in [0.4, 0.5) is 0 Å². The molecule has 5 heteroatoms. The second-order valence-corrected chi connectivity index (χ2v) is 3.72. The highest BCUT2D eigenvalue weighted by molar-refractivity contribution is 7.80. The van der Waals surface area contributed by atoms with Gasteiger partial charge in [0.15, 0.2) is 5.11 Å². The Morgan fingerprint density at radius 3 is 2.80 bits per heavy atom. The van der Waals surface area contributed by atoms with Crippen molar-refractivity contribution in [3.63, 3.8) is 0 Å². The van der Waals surface area contributed by atoms with Crippen molar-refractivity contribution < 1.29 is 9.47 Å². The van der Waals surface area contributed by atoms with Crippen LogP contribution in [-0.2, 0) is 9.47 Å². The lowest BCUT2D eigenvalue weighted by Gasteiger charge is -2.16. The molecule has 0 radical (unpaired) electrons. The first-order valence-corrected chi connectivity index (χ1v) is 5.72. The van der Waals surface area contributed by atoms with E-state index in [0.717, 1.165) is 26.2 Å². The number of hydrogen-bond donors (Lipinski definition) is 2. The standard InChI is InChI=1S/C10H22N2O2S/c1-4-14-8-9(2)12-10(15)11-6-5-7-13-3/h9H,4-8H2,1-3H3,(H2,11,12,15). The van der Waals surface area contributed by atoms with Crippen LogP contribution in [0.25, 0.3) is 0 Å². The molecule has 2 N–H and O–H groups in total. The van der Waals surface area contributed by atoms with Gasteiger partial charge in [0.2, 0.25) is 0 Å². The van der Waals surface area contributed by atoms with Gasteiger partial charge in [-0.05, 0) is 32.5 Å². The van der Waals surface area contributed by atoms with E-state index in [2.05, 4.69) is 10.6 Å². The van der Waals surface area contributed by atoms with Crippen molar-refractivity contribution in [1.82, 2.24) is 10.6 Å². The first-order valence-electron chi connectivity index (χ1n) is 5.31. The second-order valence-electron chi connectivity index (χ2n) is 3.31. The number of hydrogen-bond acceptors (Lipinski definition) is 3. The SMILES string of the molecule is CCOCC(C)NC(=S)NCCCOC. The molecule has 0 amide bonds. The van der Waals surface area contributed by atoms with E-state index >= 15 is 0 Å². The largest absolute Gasteiger partial charge is 0.385 e. The minimum Gasteiger partial charge on any atom is -0.385 e. The third-order valence-electron chi connectivity index (χ3n) is 1.76. The number of rotatable bonds is 8. The molecule has 0 spiro atoms. The molecule has 0 aromatic rings. The van der Waals surface area contributed by atoms with Crippen molar-refractivity contribution in [2.75, 3.05) is 33.5 Å². The molecule has 0 aliphatic rings. The van der Waals surface area contributed by atoms with Crippen molar-refractivity contribution in [2.45, 2.75) is 26.3 Å². The molecule has 1 unspecified atom stereocenters. The zero-order valence-electron chi connectivity index (χ0n) is 9.84. The van der Waals surface area contributed by atoms with Crippen LogP contribution in [0.3, 0.4) is 0 Å². The zero-order valence-corrected chi connectivity index (χ0v) is 10.7. The van der Waals surface area contributed by atoms with E-state index in [-0.39, 0.29) is 6.04 Å². The summed E-state index contributed by atoms with van der Waals surface area (Å²) in [5, 5.41) is 6.93. The van der Waals surface area contributed by atoms with Crippen LogP contribution in [0.5, 0.6) is 0 Å².